The molecule has 0 spiro atoms. The quantitative estimate of drug-likeness (QED) is 0.204. The molecule has 0 aliphatic carbocycles. The van der Waals surface area contributed by atoms with Crippen LogP contribution in [0.3, 0.4) is 0 Å². The summed E-state index contributed by atoms with van der Waals surface area (Å²) in [5.74, 6) is -2.28. The van der Waals surface area contributed by atoms with Crippen LogP contribution >= 0.6 is 11.6 Å². The summed E-state index contributed by atoms with van der Waals surface area (Å²) in [6.07, 6.45) is -0.299. The van der Waals surface area contributed by atoms with Crippen LogP contribution in [0.15, 0.2) is 30.3 Å². The van der Waals surface area contributed by atoms with Crippen LogP contribution in [0.1, 0.15) is 47.3 Å². The fourth-order valence-corrected chi connectivity index (χ4v) is 4.63. The first-order chi connectivity index (χ1) is 19.0. The van der Waals surface area contributed by atoms with E-state index in [1.807, 2.05) is 6.07 Å². The molecular weight excluding hydrogens is 556 g/mol. The van der Waals surface area contributed by atoms with Gasteiger partial charge in [-0.05, 0) is 68.8 Å². The molecule has 3 N–H and O–H groups in total. The summed E-state index contributed by atoms with van der Waals surface area (Å²) < 4.78 is 56.2. The van der Waals surface area contributed by atoms with Crippen LogP contribution in [0, 0.1) is 5.82 Å². The van der Waals surface area contributed by atoms with Gasteiger partial charge in [0, 0.05) is 25.3 Å². The third-order valence-electron chi connectivity index (χ3n) is 6.45. The maximum Gasteiger partial charge on any atom is 0.411 e. The molecule has 1 aliphatic rings. The number of pyridine rings is 1. The zero-order valence-corrected chi connectivity index (χ0v) is 22.7. The standard InChI is InChI=1S/C27H33ClF4N4O4/c28-20-7-3-8-21(29)23(20)25(37)35-22(26(38)39)11-14-36(15-16-40-17-27(30,31)32)13-2-1-6-19-10-9-18-5-4-12-33-24(18)34-19/h3,7-10,22H,1-2,4-6,11-17H2,(H,33,34)(H,35,37)(H,38,39). The summed E-state index contributed by atoms with van der Waals surface area (Å²) in [6, 6.07) is 6.37. The van der Waals surface area contributed by atoms with Gasteiger partial charge in [0.2, 0.25) is 0 Å². The van der Waals surface area contributed by atoms with Crippen molar-refractivity contribution in [2.75, 3.05) is 44.7 Å². The van der Waals surface area contributed by atoms with Crippen LogP contribution in [-0.2, 0) is 22.4 Å². The number of carboxylic acid groups (broad SMARTS) is 1. The Morgan fingerprint density at radius 2 is 1.98 bits per heavy atom. The van der Waals surface area contributed by atoms with Crippen molar-refractivity contribution >= 4 is 29.3 Å². The maximum atomic E-state index is 14.1. The molecule has 1 aromatic heterocycles. The first kappa shape index (κ1) is 31.6. The highest BCUT2D eigenvalue weighted by atomic mass is 35.5. The van der Waals surface area contributed by atoms with Crippen molar-refractivity contribution < 1.29 is 37.0 Å². The van der Waals surface area contributed by atoms with Crippen LogP contribution in [0.5, 0.6) is 0 Å². The van der Waals surface area contributed by atoms with Gasteiger partial charge in [-0.2, -0.15) is 13.2 Å². The van der Waals surface area contributed by atoms with Gasteiger partial charge in [-0.3, -0.25) is 4.79 Å². The van der Waals surface area contributed by atoms with E-state index in [1.165, 1.54) is 17.7 Å². The number of carboxylic acids is 1. The number of halogens is 5. The molecule has 1 aliphatic heterocycles. The number of aryl methyl sites for hydroxylation is 2. The second kappa shape index (κ2) is 15.2. The Hall–Kier alpha value is -2.96. The number of hydrogen-bond donors (Lipinski definition) is 3. The number of anilines is 1. The van der Waals surface area contributed by atoms with Gasteiger partial charge in [0.25, 0.3) is 5.91 Å². The predicted octanol–water partition coefficient (Wildman–Crippen LogP) is 4.71. The molecule has 1 aromatic carbocycles. The van der Waals surface area contributed by atoms with Crippen molar-refractivity contribution in [2.45, 2.75) is 50.7 Å². The molecule has 1 unspecified atom stereocenters. The summed E-state index contributed by atoms with van der Waals surface area (Å²) in [4.78, 5) is 30.8. The molecule has 220 valence electrons. The molecule has 1 atom stereocenters. The van der Waals surface area contributed by atoms with Crippen LogP contribution in [-0.4, -0.2) is 78.5 Å². The highest BCUT2D eigenvalue weighted by Crippen LogP contribution is 2.21. The minimum atomic E-state index is -4.45. The van der Waals surface area contributed by atoms with Crippen LogP contribution in [0.25, 0.3) is 0 Å². The topological polar surface area (TPSA) is 104 Å². The van der Waals surface area contributed by atoms with Crippen molar-refractivity contribution in [3.05, 3.63) is 58.0 Å². The van der Waals surface area contributed by atoms with Crippen molar-refractivity contribution in [2.24, 2.45) is 0 Å². The second-order valence-corrected chi connectivity index (χ2v) is 9.96. The summed E-state index contributed by atoms with van der Waals surface area (Å²) in [6.45, 7) is 0.0652. The molecule has 13 heteroatoms. The number of fused-ring (bicyclic) bond motifs is 1. The predicted molar refractivity (Wildman–Crippen MR) is 142 cm³/mol. The van der Waals surface area contributed by atoms with E-state index in [9.17, 15) is 32.3 Å². The number of alkyl halides is 3. The number of rotatable bonds is 15. The number of nitrogens with zero attached hydrogens (tertiary/aromatic N) is 2. The van der Waals surface area contributed by atoms with Gasteiger partial charge in [0.1, 0.15) is 24.3 Å². The molecule has 0 fully saturated rings. The molecule has 8 nitrogen and oxygen atoms in total. The average molecular weight is 589 g/mol. The van der Waals surface area contributed by atoms with E-state index in [-0.39, 0.29) is 31.1 Å². The summed E-state index contributed by atoms with van der Waals surface area (Å²) >= 11 is 5.91. The Balaban J connectivity index is 1.54. The number of ether oxygens (including phenoxy) is 1. The fourth-order valence-electron chi connectivity index (χ4n) is 4.38. The summed E-state index contributed by atoms with van der Waals surface area (Å²) in [5, 5.41) is 15.1. The minimum Gasteiger partial charge on any atom is -0.480 e. The number of carbonyl (C=O) groups excluding carboxylic acids is 1. The molecule has 40 heavy (non-hydrogen) atoms. The second-order valence-electron chi connectivity index (χ2n) is 9.56. The first-order valence-corrected chi connectivity index (χ1v) is 13.5. The van der Waals surface area contributed by atoms with Crippen LogP contribution in [0.4, 0.5) is 23.4 Å². The molecule has 2 heterocycles. The minimum absolute atomic E-state index is 0.0650. The van der Waals surface area contributed by atoms with E-state index >= 15 is 0 Å². The maximum absolute atomic E-state index is 14.1. The molecule has 2 aromatic rings. The zero-order valence-electron chi connectivity index (χ0n) is 21.9. The highest BCUT2D eigenvalue weighted by Gasteiger charge is 2.28. The smallest absolute Gasteiger partial charge is 0.411 e. The first-order valence-electron chi connectivity index (χ1n) is 13.1. The van der Waals surface area contributed by atoms with Crippen molar-refractivity contribution in [3.63, 3.8) is 0 Å². The van der Waals surface area contributed by atoms with Gasteiger partial charge in [-0.15, -0.1) is 0 Å². The molecule has 0 saturated heterocycles. The number of nitrogens with one attached hydrogen (secondary N) is 2. The van der Waals surface area contributed by atoms with Gasteiger partial charge in [0.05, 0.1) is 17.2 Å². The Kier molecular flexibility index (Phi) is 12.0. The lowest BCUT2D eigenvalue weighted by molar-refractivity contribution is -0.174. The Bertz CT molecular complexity index is 1130. The van der Waals surface area contributed by atoms with E-state index in [0.717, 1.165) is 43.4 Å². The van der Waals surface area contributed by atoms with E-state index in [2.05, 4.69) is 21.7 Å². The SMILES string of the molecule is O=C(NC(CCN(CCCCc1ccc2c(n1)NCCC2)CCOCC(F)(F)F)C(=O)O)c1c(F)cccc1Cl. The lowest BCUT2D eigenvalue weighted by Gasteiger charge is -2.24. The van der Waals surface area contributed by atoms with Crippen molar-refractivity contribution in [3.8, 4) is 0 Å². The summed E-state index contributed by atoms with van der Waals surface area (Å²) in [7, 11) is 0. The monoisotopic (exact) mass is 588 g/mol. The van der Waals surface area contributed by atoms with Gasteiger partial charge in [-0.25, -0.2) is 14.2 Å². The van der Waals surface area contributed by atoms with E-state index in [1.54, 1.807) is 4.90 Å². The average Bonchev–Trinajstić information content (AvgIpc) is 2.89. The van der Waals surface area contributed by atoms with Crippen LogP contribution in [0.2, 0.25) is 5.02 Å². The fraction of sp³-hybridized carbons (Fsp3) is 0.519. The van der Waals surface area contributed by atoms with Gasteiger partial charge < -0.3 is 25.4 Å². The number of hydrogen-bond acceptors (Lipinski definition) is 6. The van der Waals surface area contributed by atoms with E-state index < -0.39 is 42.1 Å². The number of aromatic nitrogens is 1. The largest absolute Gasteiger partial charge is 0.480 e. The zero-order chi connectivity index (χ0) is 29.1. The van der Waals surface area contributed by atoms with E-state index in [4.69, 9.17) is 16.3 Å². The van der Waals surface area contributed by atoms with Gasteiger partial charge in [0.15, 0.2) is 0 Å². The Morgan fingerprint density at radius 3 is 2.70 bits per heavy atom. The molecule has 0 radical (unpaired) electrons. The van der Waals surface area contributed by atoms with Gasteiger partial charge >= 0.3 is 12.1 Å². The van der Waals surface area contributed by atoms with Crippen molar-refractivity contribution in [1.29, 1.82) is 0 Å². The molecule has 1 amide bonds. The van der Waals surface area contributed by atoms with Crippen molar-refractivity contribution in [1.82, 2.24) is 15.2 Å². The van der Waals surface area contributed by atoms with Gasteiger partial charge in [-0.1, -0.05) is 23.7 Å². The number of amides is 1. The third kappa shape index (κ3) is 10.2. The lowest BCUT2D eigenvalue weighted by atomic mass is 10.1. The highest BCUT2D eigenvalue weighted by molar-refractivity contribution is 6.33. The number of aliphatic carboxylic acids is 1. The third-order valence-corrected chi connectivity index (χ3v) is 6.77. The number of benzene rings is 1. The Morgan fingerprint density at radius 1 is 1.18 bits per heavy atom. The van der Waals surface area contributed by atoms with Crippen LogP contribution < -0.4 is 10.6 Å². The molecule has 0 saturated carbocycles. The lowest BCUT2D eigenvalue weighted by Crippen LogP contribution is -2.44. The molecule has 3 rings (SSSR count). The number of carbonyl (C=O) groups is 2. The van der Waals surface area contributed by atoms with E-state index in [0.29, 0.717) is 19.4 Å². The Labute approximate surface area is 235 Å². The molecular formula is C27H33ClF4N4O4. The molecule has 0 bridgehead atoms. The normalized spacial score (nSPS) is 13.9. The summed E-state index contributed by atoms with van der Waals surface area (Å²) in [5.41, 5.74) is 1.67. The number of unbranched alkanes of at least 4 members (excludes halogenated alkanes) is 1.